The molecule has 0 bridgehead atoms. The highest BCUT2D eigenvalue weighted by atomic mass is 15.3. The third-order valence-electron chi connectivity index (χ3n) is 4.78. The Labute approximate surface area is 138 Å². The lowest BCUT2D eigenvalue weighted by molar-refractivity contribution is 0.207. The Bertz CT molecular complexity index is 622. The molecule has 5 nitrogen and oxygen atoms in total. The van der Waals surface area contributed by atoms with Crippen molar-refractivity contribution in [2.45, 2.75) is 45.8 Å². The number of pyridine rings is 1. The molecule has 1 aliphatic heterocycles. The van der Waals surface area contributed by atoms with Crippen molar-refractivity contribution in [1.29, 1.82) is 0 Å². The van der Waals surface area contributed by atoms with Gasteiger partial charge in [0.15, 0.2) is 0 Å². The van der Waals surface area contributed by atoms with E-state index in [0.29, 0.717) is 6.04 Å². The van der Waals surface area contributed by atoms with Crippen LogP contribution in [0, 0.1) is 6.92 Å². The van der Waals surface area contributed by atoms with Gasteiger partial charge in [0.25, 0.3) is 0 Å². The average Bonchev–Trinajstić information content (AvgIpc) is 2.96. The predicted octanol–water partition coefficient (Wildman–Crippen LogP) is 2.71. The molecule has 1 saturated heterocycles. The predicted molar refractivity (Wildman–Crippen MR) is 93.6 cm³/mol. The van der Waals surface area contributed by atoms with Crippen LogP contribution < -0.4 is 4.90 Å². The van der Waals surface area contributed by atoms with Crippen LogP contribution in [0.4, 0.5) is 5.82 Å². The second-order valence-electron chi connectivity index (χ2n) is 6.44. The van der Waals surface area contributed by atoms with Gasteiger partial charge in [-0.25, -0.2) is 4.98 Å². The van der Waals surface area contributed by atoms with Crippen molar-refractivity contribution in [3.8, 4) is 0 Å². The summed E-state index contributed by atoms with van der Waals surface area (Å²) in [5.74, 6) is 1.10. The maximum absolute atomic E-state index is 4.56. The van der Waals surface area contributed by atoms with Gasteiger partial charge in [0.2, 0.25) is 0 Å². The molecule has 2 aromatic heterocycles. The molecule has 3 heterocycles. The highest BCUT2D eigenvalue weighted by Crippen LogP contribution is 2.21. The zero-order chi connectivity index (χ0) is 16.2. The van der Waals surface area contributed by atoms with Gasteiger partial charge in [-0.2, -0.15) is 5.10 Å². The molecule has 1 aliphatic rings. The molecule has 0 aliphatic carbocycles. The van der Waals surface area contributed by atoms with Crippen LogP contribution in [-0.2, 0) is 13.1 Å². The van der Waals surface area contributed by atoms with Gasteiger partial charge in [0.05, 0.1) is 5.69 Å². The van der Waals surface area contributed by atoms with Gasteiger partial charge < -0.3 is 4.90 Å². The molecule has 23 heavy (non-hydrogen) atoms. The van der Waals surface area contributed by atoms with E-state index >= 15 is 0 Å². The fourth-order valence-electron chi connectivity index (χ4n) is 3.34. The summed E-state index contributed by atoms with van der Waals surface area (Å²) >= 11 is 0. The van der Waals surface area contributed by atoms with E-state index in [9.17, 15) is 0 Å². The number of aryl methyl sites for hydroxylation is 2. The van der Waals surface area contributed by atoms with E-state index in [1.165, 1.54) is 18.4 Å². The molecule has 5 heteroatoms. The summed E-state index contributed by atoms with van der Waals surface area (Å²) < 4.78 is 2.03. The number of hydrogen-bond acceptors (Lipinski definition) is 4. The first-order chi connectivity index (χ1) is 11.2. The van der Waals surface area contributed by atoms with Crippen LogP contribution in [0.3, 0.4) is 0 Å². The molecule has 0 spiro atoms. The van der Waals surface area contributed by atoms with Crippen molar-refractivity contribution < 1.29 is 0 Å². The molecule has 0 N–H and O–H groups in total. The van der Waals surface area contributed by atoms with Crippen molar-refractivity contribution >= 4 is 5.82 Å². The lowest BCUT2D eigenvalue weighted by atomic mass is 10.0. The smallest absolute Gasteiger partial charge is 0.128 e. The summed E-state index contributed by atoms with van der Waals surface area (Å²) in [6.45, 7) is 8.29. The normalized spacial score (nSPS) is 18.6. The Morgan fingerprint density at radius 3 is 2.91 bits per heavy atom. The van der Waals surface area contributed by atoms with Crippen molar-refractivity contribution in [3.05, 3.63) is 41.9 Å². The first-order valence-corrected chi connectivity index (χ1v) is 8.56. The highest BCUT2D eigenvalue weighted by molar-refractivity contribution is 5.38. The number of piperidine rings is 1. The number of anilines is 1. The molecule has 0 aromatic carbocycles. The first-order valence-electron chi connectivity index (χ1n) is 8.56. The van der Waals surface area contributed by atoms with E-state index < -0.39 is 0 Å². The van der Waals surface area contributed by atoms with Gasteiger partial charge in [-0.15, -0.1) is 0 Å². The van der Waals surface area contributed by atoms with E-state index in [2.05, 4.69) is 59.1 Å². The third kappa shape index (κ3) is 3.72. The fourth-order valence-corrected chi connectivity index (χ4v) is 3.34. The summed E-state index contributed by atoms with van der Waals surface area (Å²) in [5.41, 5.74) is 2.49. The molecule has 124 valence electrons. The Kier molecular flexibility index (Phi) is 4.96. The number of nitrogens with zero attached hydrogens (tertiary/aromatic N) is 5. The van der Waals surface area contributed by atoms with Crippen molar-refractivity contribution in [1.82, 2.24) is 19.7 Å². The maximum Gasteiger partial charge on any atom is 0.128 e. The largest absolute Gasteiger partial charge is 0.355 e. The highest BCUT2D eigenvalue weighted by Gasteiger charge is 2.24. The molecule has 1 atom stereocenters. The van der Waals surface area contributed by atoms with Crippen LogP contribution in [0.25, 0.3) is 0 Å². The Balaban J connectivity index is 1.65. The first kappa shape index (κ1) is 16.0. The summed E-state index contributed by atoms with van der Waals surface area (Å²) in [7, 11) is 2.23. The van der Waals surface area contributed by atoms with Gasteiger partial charge in [-0.1, -0.05) is 6.07 Å². The maximum atomic E-state index is 4.56. The Hall–Kier alpha value is -1.88. The monoisotopic (exact) mass is 313 g/mol. The number of rotatable bonds is 5. The number of hydrogen-bond donors (Lipinski definition) is 0. The molecule has 0 radical (unpaired) electrons. The third-order valence-corrected chi connectivity index (χ3v) is 4.78. The Morgan fingerprint density at radius 2 is 2.22 bits per heavy atom. The quantitative estimate of drug-likeness (QED) is 0.850. The zero-order valence-corrected chi connectivity index (χ0v) is 14.4. The SMILES string of the molecule is CCn1cc(CN(C)C2CCCN(c3ccccn3)C2)c(C)n1. The minimum Gasteiger partial charge on any atom is -0.355 e. The number of aromatic nitrogens is 3. The summed E-state index contributed by atoms with van der Waals surface area (Å²) in [5, 5.41) is 4.56. The lowest BCUT2D eigenvalue weighted by Crippen LogP contribution is -2.46. The molecule has 1 unspecified atom stereocenters. The number of likely N-dealkylation sites (N-methyl/N-ethyl adjacent to an activating group) is 1. The van der Waals surface area contributed by atoms with E-state index in [1.54, 1.807) is 0 Å². The van der Waals surface area contributed by atoms with Gasteiger partial charge in [-0.05, 0) is 45.9 Å². The van der Waals surface area contributed by atoms with E-state index in [1.807, 2.05) is 16.9 Å². The standard InChI is InChI=1S/C18H27N5/c1-4-23-13-16(15(2)20-23)12-21(3)17-8-7-11-22(14-17)18-9-5-6-10-19-18/h5-6,9-10,13,17H,4,7-8,11-12,14H2,1-3H3. The summed E-state index contributed by atoms with van der Waals surface area (Å²) in [6, 6.07) is 6.72. The van der Waals surface area contributed by atoms with Gasteiger partial charge in [-0.3, -0.25) is 9.58 Å². The van der Waals surface area contributed by atoms with Gasteiger partial charge in [0.1, 0.15) is 5.82 Å². The van der Waals surface area contributed by atoms with E-state index in [-0.39, 0.29) is 0 Å². The van der Waals surface area contributed by atoms with Crippen molar-refractivity contribution in [2.75, 3.05) is 25.0 Å². The van der Waals surface area contributed by atoms with Crippen LogP contribution in [0.5, 0.6) is 0 Å². The topological polar surface area (TPSA) is 37.2 Å². The second kappa shape index (κ2) is 7.13. The fraction of sp³-hybridized carbons (Fsp3) is 0.556. The second-order valence-corrected chi connectivity index (χ2v) is 6.44. The van der Waals surface area contributed by atoms with E-state index in [4.69, 9.17) is 0 Å². The summed E-state index contributed by atoms with van der Waals surface area (Å²) in [4.78, 5) is 9.38. The van der Waals surface area contributed by atoms with Crippen LogP contribution in [0.2, 0.25) is 0 Å². The Morgan fingerprint density at radius 1 is 1.35 bits per heavy atom. The van der Waals surface area contributed by atoms with Crippen LogP contribution in [0.15, 0.2) is 30.6 Å². The molecule has 3 rings (SSSR count). The van der Waals surface area contributed by atoms with Gasteiger partial charge in [0, 0.05) is 50.2 Å². The molecule has 1 fully saturated rings. The van der Waals surface area contributed by atoms with Crippen molar-refractivity contribution in [2.24, 2.45) is 0 Å². The lowest BCUT2D eigenvalue weighted by Gasteiger charge is -2.38. The van der Waals surface area contributed by atoms with Crippen LogP contribution >= 0.6 is 0 Å². The summed E-state index contributed by atoms with van der Waals surface area (Å²) in [6.07, 6.45) is 6.54. The van der Waals surface area contributed by atoms with Crippen LogP contribution in [0.1, 0.15) is 31.0 Å². The molecule has 2 aromatic rings. The molecule has 0 amide bonds. The zero-order valence-electron chi connectivity index (χ0n) is 14.4. The average molecular weight is 313 g/mol. The van der Waals surface area contributed by atoms with Gasteiger partial charge >= 0.3 is 0 Å². The van der Waals surface area contributed by atoms with E-state index in [0.717, 1.165) is 37.7 Å². The minimum atomic E-state index is 0.565. The molecular weight excluding hydrogens is 286 g/mol. The van der Waals surface area contributed by atoms with Crippen molar-refractivity contribution in [3.63, 3.8) is 0 Å². The molecule has 0 saturated carbocycles. The van der Waals surface area contributed by atoms with Crippen LogP contribution in [-0.4, -0.2) is 45.8 Å². The minimum absolute atomic E-state index is 0.565. The molecular formula is C18H27N5.